The smallest absolute Gasteiger partial charge is 0.308 e. The summed E-state index contributed by atoms with van der Waals surface area (Å²) >= 11 is 1.64. The van der Waals surface area contributed by atoms with Crippen LogP contribution in [0.3, 0.4) is 0 Å². The fourth-order valence-corrected chi connectivity index (χ4v) is 5.87. The van der Waals surface area contributed by atoms with E-state index in [1.807, 2.05) is 114 Å². The highest BCUT2D eigenvalue weighted by Crippen LogP contribution is 2.32. The number of benzene rings is 2. The van der Waals surface area contributed by atoms with E-state index in [1.54, 1.807) is 11.3 Å². The number of rotatable bonds is 9. The predicted octanol–water partition coefficient (Wildman–Crippen LogP) is 9.55. The summed E-state index contributed by atoms with van der Waals surface area (Å²) in [6.45, 7) is 11.7. The van der Waals surface area contributed by atoms with Crippen molar-refractivity contribution in [3.05, 3.63) is 77.7 Å². The highest BCUT2D eigenvalue weighted by atomic mass is 32.2. The third-order valence-electron chi connectivity index (χ3n) is 5.70. The van der Waals surface area contributed by atoms with E-state index < -0.39 is 10.0 Å². The summed E-state index contributed by atoms with van der Waals surface area (Å²) in [6.07, 6.45) is 1.75. The second-order valence-corrected chi connectivity index (χ2v) is 13.7. The lowest BCUT2D eigenvalue weighted by Gasteiger charge is -2.12. The third-order valence-corrected chi connectivity index (χ3v) is 8.72. The molecule has 1 aliphatic rings. The van der Waals surface area contributed by atoms with Crippen LogP contribution >= 0.6 is 11.3 Å². The average molecular weight is 676 g/mol. The molecule has 0 radical (unpaired) electrons. The number of esters is 1. The third kappa shape index (κ3) is 14.8. The molecule has 1 aliphatic carbocycles. The van der Waals surface area contributed by atoms with Gasteiger partial charge in [-0.05, 0) is 69.7 Å². The molecule has 2 heterocycles. The Balaban J connectivity index is 0. The summed E-state index contributed by atoms with van der Waals surface area (Å²) < 4.78 is 35.6. The van der Waals surface area contributed by atoms with Crippen LogP contribution in [0.15, 0.2) is 72.1 Å². The van der Waals surface area contributed by atoms with Crippen LogP contribution in [0.4, 0.5) is 0 Å². The van der Waals surface area contributed by atoms with Crippen LogP contribution in [0.25, 0.3) is 21.6 Å². The van der Waals surface area contributed by atoms with E-state index in [-0.39, 0.29) is 59.0 Å². The SMILES string of the molecule is C.C.C.C.CC(C)C(=O)OCc1ccccc1.CC(C)NS(=O)(=O)C1CC1.CC(C)Oc1nc2ccccc2nc1-c1cccs1. The van der Waals surface area contributed by atoms with Crippen molar-refractivity contribution in [2.45, 2.75) is 108 Å². The van der Waals surface area contributed by atoms with Crippen molar-refractivity contribution in [1.29, 1.82) is 0 Å². The van der Waals surface area contributed by atoms with Crippen molar-refractivity contribution in [3.8, 4) is 16.5 Å². The second kappa shape index (κ2) is 21.5. The van der Waals surface area contributed by atoms with Crippen LogP contribution in [0, 0.1) is 5.92 Å². The zero-order chi connectivity index (χ0) is 30.7. The maximum atomic E-state index is 11.1. The maximum absolute atomic E-state index is 11.1. The molecule has 0 spiro atoms. The molecular formula is C36H57N3O5S2. The molecule has 0 aliphatic heterocycles. The van der Waals surface area contributed by atoms with Crippen LogP contribution in [-0.2, 0) is 26.2 Å². The molecule has 258 valence electrons. The topological polar surface area (TPSA) is 107 Å². The summed E-state index contributed by atoms with van der Waals surface area (Å²) in [6, 6.07) is 21.6. The molecule has 8 nitrogen and oxygen atoms in total. The highest BCUT2D eigenvalue weighted by molar-refractivity contribution is 7.90. The lowest BCUT2D eigenvalue weighted by atomic mass is 10.2. The number of carbonyl (C=O) groups excluding carboxylic acids is 1. The number of hydrogen-bond donors (Lipinski definition) is 1. The van der Waals surface area contributed by atoms with Crippen LogP contribution in [0.1, 0.15) is 89.7 Å². The van der Waals surface area contributed by atoms with Crippen LogP contribution in [-0.4, -0.2) is 41.8 Å². The Morgan fingerprint density at radius 3 is 1.89 bits per heavy atom. The van der Waals surface area contributed by atoms with Crippen molar-refractivity contribution < 1.29 is 22.7 Å². The lowest BCUT2D eigenvalue weighted by molar-refractivity contribution is -0.148. The number of nitrogens with zero attached hydrogens (tertiary/aromatic N) is 2. The van der Waals surface area contributed by atoms with Gasteiger partial charge in [0.1, 0.15) is 12.3 Å². The maximum Gasteiger partial charge on any atom is 0.308 e. The molecule has 0 unspecified atom stereocenters. The Bertz CT molecular complexity index is 1500. The zero-order valence-electron chi connectivity index (χ0n) is 25.1. The minimum Gasteiger partial charge on any atom is -0.473 e. The van der Waals surface area contributed by atoms with Crippen molar-refractivity contribution in [1.82, 2.24) is 14.7 Å². The average Bonchev–Trinajstić information content (AvgIpc) is 3.68. The zero-order valence-corrected chi connectivity index (χ0v) is 26.7. The van der Waals surface area contributed by atoms with Gasteiger partial charge in [0.2, 0.25) is 15.9 Å². The normalized spacial score (nSPS) is 11.8. The van der Waals surface area contributed by atoms with Crippen LogP contribution in [0.2, 0.25) is 0 Å². The largest absolute Gasteiger partial charge is 0.473 e. The van der Waals surface area contributed by atoms with Gasteiger partial charge >= 0.3 is 5.97 Å². The monoisotopic (exact) mass is 675 g/mol. The Morgan fingerprint density at radius 1 is 0.848 bits per heavy atom. The van der Waals surface area contributed by atoms with Gasteiger partial charge in [0.05, 0.1) is 33.2 Å². The van der Waals surface area contributed by atoms with E-state index in [4.69, 9.17) is 14.5 Å². The van der Waals surface area contributed by atoms with Gasteiger partial charge in [0, 0.05) is 6.04 Å². The number of sulfonamides is 1. The summed E-state index contributed by atoms with van der Waals surface area (Å²) in [5.74, 6) is 0.406. The summed E-state index contributed by atoms with van der Waals surface area (Å²) in [7, 11) is -2.94. The van der Waals surface area contributed by atoms with E-state index >= 15 is 0 Å². The molecule has 2 aromatic heterocycles. The van der Waals surface area contributed by atoms with Gasteiger partial charge in [-0.2, -0.15) is 0 Å². The number of carbonyl (C=O) groups is 1. The van der Waals surface area contributed by atoms with E-state index in [0.29, 0.717) is 12.5 Å². The van der Waals surface area contributed by atoms with E-state index in [2.05, 4.69) is 9.71 Å². The molecule has 2 aromatic carbocycles. The number of thiophene rings is 1. The molecular weight excluding hydrogens is 619 g/mol. The van der Waals surface area contributed by atoms with E-state index in [9.17, 15) is 13.2 Å². The van der Waals surface area contributed by atoms with Crippen LogP contribution in [0.5, 0.6) is 5.88 Å². The van der Waals surface area contributed by atoms with Crippen molar-refractivity contribution in [2.24, 2.45) is 5.92 Å². The molecule has 0 saturated heterocycles. The molecule has 1 fully saturated rings. The van der Waals surface area contributed by atoms with Gasteiger partial charge in [-0.25, -0.2) is 23.1 Å². The van der Waals surface area contributed by atoms with Crippen LogP contribution < -0.4 is 9.46 Å². The molecule has 1 N–H and O–H groups in total. The van der Waals surface area contributed by atoms with Gasteiger partial charge in [-0.1, -0.05) is 92.1 Å². The Labute approximate surface area is 283 Å². The van der Waals surface area contributed by atoms with Gasteiger partial charge in [0.25, 0.3) is 0 Å². The van der Waals surface area contributed by atoms with E-state index in [1.165, 1.54) is 0 Å². The fraction of sp³-hybridized carbons (Fsp3) is 0.472. The first-order chi connectivity index (χ1) is 20.0. The second-order valence-electron chi connectivity index (χ2n) is 10.8. The van der Waals surface area contributed by atoms with Crippen molar-refractivity contribution in [2.75, 3.05) is 0 Å². The Morgan fingerprint density at radius 2 is 1.41 bits per heavy atom. The summed E-state index contributed by atoms with van der Waals surface area (Å²) in [5, 5.41) is 1.95. The molecule has 1 saturated carbocycles. The number of ether oxygens (including phenoxy) is 2. The number of para-hydroxylation sites is 2. The van der Waals surface area contributed by atoms with Gasteiger partial charge in [0.15, 0.2) is 0 Å². The highest BCUT2D eigenvalue weighted by Gasteiger charge is 2.35. The summed E-state index contributed by atoms with van der Waals surface area (Å²) in [5.41, 5.74) is 3.60. The predicted molar refractivity (Wildman–Crippen MR) is 197 cm³/mol. The molecule has 0 bridgehead atoms. The van der Waals surface area contributed by atoms with Crippen molar-refractivity contribution in [3.63, 3.8) is 0 Å². The molecule has 4 aromatic rings. The first kappa shape index (κ1) is 44.8. The molecule has 0 atom stereocenters. The standard InChI is InChI=1S/C15H14N2OS.C11H14O2.C6H13NO2S.4CH4/c1-10(2)18-15-14(13-8-5-9-19-13)16-11-6-3-4-7-12(11)17-15;1-9(2)11(12)13-8-10-6-4-3-5-7-10;1-5(2)7-10(8,9)6-3-4-6;;;;/h3-10H,1-2H3;3-7,9H,8H2,1-2H3;5-7H,3-4H2,1-2H3;4*1H4. The number of fused-ring (bicyclic) bond motifs is 1. The Kier molecular flexibility index (Phi) is 20.9. The number of aromatic nitrogens is 2. The molecule has 10 heteroatoms. The summed E-state index contributed by atoms with van der Waals surface area (Å²) in [4.78, 5) is 21.5. The van der Waals surface area contributed by atoms with Crippen molar-refractivity contribution >= 4 is 38.4 Å². The minimum absolute atomic E-state index is 0. The number of hydrogen-bond acceptors (Lipinski definition) is 8. The van der Waals surface area contributed by atoms with Gasteiger partial charge in [-0.3, -0.25) is 4.79 Å². The lowest BCUT2D eigenvalue weighted by Crippen LogP contribution is -2.32. The van der Waals surface area contributed by atoms with E-state index in [0.717, 1.165) is 40.0 Å². The first-order valence-corrected chi connectivity index (χ1v) is 16.6. The van der Waals surface area contributed by atoms with Gasteiger partial charge in [-0.15, -0.1) is 11.3 Å². The minimum atomic E-state index is -2.94. The first-order valence-electron chi connectivity index (χ1n) is 14.1. The quantitative estimate of drug-likeness (QED) is 0.176. The molecule has 0 amide bonds. The van der Waals surface area contributed by atoms with Gasteiger partial charge < -0.3 is 9.47 Å². The molecule has 5 rings (SSSR count). The number of nitrogens with one attached hydrogen (secondary N) is 1. The Hall–Kier alpha value is -3.34. The molecule has 46 heavy (non-hydrogen) atoms. The fourth-order valence-electron chi connectivity index (χ4n) is 3.56.